The third-order valence-electron chi connectivity index (χ3n) is 3.77. The third-order valence-corrected chi connectivity index (χ3v) is 5.17. The van der Waals surface area contributed by atoms with Crippen molar-refractivity contribution in [1.29, 1.82) is 0 Å². The highest BCUT2D eigenvalue weighted by Crippen LogP contribution is 2.29. The maximum Gasteiger partial charge on any atom is 0.226 e. The van der Waals surface area contributed by atoms with Gasteiger partial charge < -0.3 is 10.6 Å². The minimum Gasteiger partial charge on any atom is -0.355 e. The number of carbonyl (C=O) groups is 1. The number of hydrogen-bond acceptors (Lipinski definition) is 3. The quantitative estimate of drug-likeness (QED) is 0.786. The fraction of sp³-hybridized carbons (Fsp3) is 0.917. The van der Waals surface area contributed by atoms with Crippen molar-refractivity contribution in [2.24, 2.45) is 5.41 Å². The fourth-order valence-corrected chi connectivity index (χ4v) is 3.63. The number of hydrogen-bond donors (Lipinski definition) is 2. The summed E-state index contributed by atoms with van der Waals surface area (Å²) in [6.07, 6.45) is 4.52. The van der Waals surface area contributed by atoms with Crippen LogP contribution in [0, 0.1) is 5.41 Å². The summed E-state index contributed by atoms with van der Waals surface area (Å²) in [6.45, 7) is 4.92. The molecule has 2 N–H and O–H groups in total. The van der Waals surface area contributed by atoms with Crippen molar-refractivity contribution in [2.45, 2.75) is 37.9 Å². The van der Waals surface area contributed by atoms with Gasteiger partial charge in [-0.2, -0.15) is 11.8 Å². The summed E-state index contributed by atoms with van der Waals surface area (Å²) in [6, 6.07) is 0. The standard InChI is InChI=1S/C12H22N2OS/c1-12(4-6-13-7-5-12)11(15)14-9-10-3-2-8-16-10/h10,13H,2-9H2,1H3,(H,14,15). The van der Waals surface area contributed by atoms with Crippen LogP contribution in [-0.4, -0.2) is 36.5 Å². The van der Waals surface area contributed by atoms with E-state index in [-0.39, 0.29) is 11.3 Å². The predicted molar refractivity (Wildman–Crippen MR) is 68.7 cm³/mol. The highest BCUT2D eigenvalue weighted by molar-refractivity contribution is 8.00. The van der Waals surface area contributed by atoms with Crippen LogP contribution in [0.2, 0.25) is 0 Å². The smallest absolute Gasteiger partial charge is 0.226 e. The van der Waals surface area contributed by atoms with E-state index in [1.165, 1.54) is 18.6 Å². The Balaban J connectivity index is 1.77. The number of carbonyl (C=O) groups excluding carboxylic acids is 1. The molecule has 2 rings (SSSR count). The summed E-state index contributed by atoms with van der Waals surface area (Å²) in [5, 5.41) is 7.12. The lowest BCUT2D eigenvalue weighted by Crippen LogP contribution is -2.47. The van der Waals surface area contributed by atoms with Gasteiger partial charge in [-0.05, 0) is 44.5 Å². The molecule has 0 spiro atoms. The van der Waals surface area contributed by atoms with Crippen molar-refractivity contribution in [1.82, 2.24) is 10.6 Å². The molecule has 2 fully saturated rings. The highest BCUT2D eigenvalue weighted by Gasteiger charge is 2.34. The molecule has 2 heterocycles. The molecule has 16 heavy (non-hydrogen) atoms. The number of rotatable bonds is 3. The van der Waals surface area contributed by atoms with Gasteiger partial charge in [0.1, 0.15) is 0 Å². The topological polar surface area (TPSA) is 41.1 Å². The molecule has 0 bridgehead atoms. The summed E-state index contributed by atoms with van der Waals surface area (Å²) in [7, 11) is 0. The Morgan fingerprint density at radius 1 is 1.50 bits per heavy atom. The Bertz CT molecular complexity index is 245. The number of piperidine rings is 1. The van der Waals surface area contributed by atoms with Gasteiger partial charge in [-0.15, -0.1) is 0 Å². The van der Waals surface area contributed by atoms with Gasteiger partial charge in [-0.3, -0.25) is 4.79 Å². The van der Waals surface area contributed by atoms with E-state index in [2.05, 4.69) is 17.6 Å². The highest BCUT2D eigenvalue weighted by atomic mass is 32.2. The lowest BCUT2D eigenvalue weighted by atomic mass is 9.80. The van der Waals surface area contributed by atoms with Crippen LogP contribution in [0.15, 0.2) is 0 Å². The van der Waals surface area contributed by atoms with Gasteiger partial charge in [0.25, 0.3) is 0 Å². The molecule has 2 aliphatic rings. The van der Waals surface area contributed by atoms with Crippen molar-refractivity contribution >= 4 is 17.7 Å². The lowest BCUT2D eigenvalue weighted by Gasteiger charge is -2.32. The minimum absolute atomic E-state index is 0.130. The van der Waals surface area contributed by atoms with E-state index in [0.29, 0.717) is 5.25 Å². The number of amides is 1. The second kappa shape index (κ2) is 5.41. The predicted octanol–water partition coefficient (Wildman–Crippen LogP) is 1.39. The van der Waals surface area contributed by atoms with Gasteiger partial charge in [0.2, 0.25) is 5.91 Å². The molecule has 1 atom stereocenters. The molecule has 92 valence electrons. The van der Waals surface area contributed by atoms with Crippen molar-refractivity contribution in [3.8, 4) is 0 Å². The molecular formula is C12H22N2OS. The summed E-state index contributed by atoms with van der Waals surface area (Å²) in [5.41, 5.74) is -0.130. The van der Waals surface area contributed by atoms with Crippen molar-refractivity contribution in [3.05, 3.63) is 0 Å². The van der Waals surface area contributed by atoms with Gasteiger partial charge in [-0.25, -0.2) is 0 Å². The normalized spacial score (nSPS) is 28.9. The number of thioether (sulfide) groups is 1. The summed E-state index contributed by atoms with van der Waals surface area (Å²) >= 11 is 2.00. The molecule has 0 aromatic carbocycles. The largest absolute Gasteiger partial charge is 0.355 e. The molecule has 4 heteroatoms. The Morgan fingerprint density at radius 2 is 2.25 bits per heavy atom. The van der Waals surface area contributed by atoms with E-state index in [1.54, 1.807) is 0 Å². The van der Waals surface area contributed by atoms with Crippen LogP contribution in [0.25, 0.3) is 0 Å². The zero-order valence-electron chi connectivity index (χ0n) is 10.1. The zero-order valence-corrected chi connectivity index (χ0v) is 10.9. The second-order valence-corrected chi connectivity index (χ2v) is 6.56. The molecule has 2 saturated heterocycles. The van der Waals surface area contributed by atoms with Crippen molar-refractivity contribution < 1.29 is 4.79 Å². The maximum atomic E-state index is 12.1. The molecule has 2 aliphatic heterocycles. The van der Waals surface area contributed by atoms with E-state index in [1.807, 2.05) is 11.8 Å². The Morgan fingerprint density at radius 3 is 2.88 bits per heavy atom. The summed E-state index contributed by atoms with van der Waals surface area (Å²) < 4.78 is 0. The van der Waals surface area contributed by atoms with Gasteiger partial charge in [0, 0.05) is 17.2 Å². The number of nitrogens with one attached hydrogen (secondary N) is 2. The summed E-state index contributed by atoms with van der Waals surface area (Å²) in [4.78, 5) is 12.1. The van der Waals surface area contributed by atoms with Gasteiger partial charge in [0.05, 0.1) is 0 Å². The van der Waals surface area contributed by atoms with Crippen LogP contribution in [-0.2, 0) is 4.79 Å². The monoisotopic (exact) mass is 242 g/mol. The van der Waals surface area contributed by atoms with Crippen LogP contribution >= 0.6 is 11.8 Å². The molecule has 0 aromatic rings. The van der Waals surface area contributed by atoms with Crippen molar-refractivity contribution in [3.63, 3.8) is 0 Å². The zero-order chi connectivity index (χ0) is 11.4. The first kappa shape index (κ1) is 12.2. The Labute approximate surface area is 102 Å². The first-order valence-electron chi connectivity index (χ1n) is 6.31. The second-order valence-electron chi connectivity index (χ2n) is 5.16. The van der Waals surface area contributed by atoms with Crippen LogP contribution in [0.1, 0.15) is 32.6 Å². The van der Waals surface area contributed by atoms with Gasteiger partial charge in [-0.1, -0.05) is 6.92 Å². The van der Waals surface area contributed by atoms with Gasteiger partial charge in [0.15, 0.2) is 0 Å². The van der Waals surface area contributed by atoms with E-state index < -0.39 is 0 Å². The van der Waals surface area contributed by atoms with E-state index in [9.17, 15) is 4.79 Å². The third kappa shape index (κ3) is 2.92. The molecule has 1 unspecified atom stereocenters. The van der Waals surface area contributed by atoms with Crippen LogP contribution < -0.4 is 10.6 Å². The molecule has 1 amide bonds. The Kier molecular flexibility index (Phi) is 4.14. The van der Waals surface area contributed by atoms with Crippen LogP contribution in [0.5, 0.6) is 0 Å². The van der Waals surface area contributed by atoms with Crippen molar-refractivity contribution in [2.75, 3.05) is 25.4 Å². The Hall–Kier alpha value is -0.220. The summed E-state index contributed by atoms with van der Waals surface area (Å²) in [5.74, 6) is 1.53. The van der Waals surface area contributed by atoms with Gasteiger partial charge >= 0.3 is 0 Å². The average molecular weight is 242 g/mol. The first-order chi connectivity index (χ1) is 7.71. The molecular weight excluding hydrogens is 220 g/mol. The average Bonchev–Trinajstić information content (AvgIpc) is 2.79. The fourth-order valence-electron chi connectivity index (χ4n) is 2.43. The SMILES string of the molecule is CC1(C(=O)NCC2CCCS2)CCNCC1. The molecule has 0 aromatic heterocycles. The van der Waals surface area contributed by atoms with Crippen LogP contribution in [0.3, 0.4) is 0 Å². The lowest BCUT2D eigenvalue weighted by molar-refractivity contribution is -0.131. The maximum absolute atomic E-state index is 12.1. The van der Waals surface area contributed by atoms with Crippen LogP contribution in [0.4, 0.5) is 0 Å². The minimum atomic E-state index is -0.130. The molecule has 0 radical (unpaired) electrons. The molecule has 0 aliphatic carbocycles. The van der Waals surface area contributed by atoms with E-state index in [0.717, 1.165) is 32.5 Å². The van der Waals surface area contributed by atoms with E-state index in [4.69, 9.17) is 0 Å². The first-order valence-corrected chi connectivity index (χ1v) is 7.36. The molecule has 3 nitrogen and oxygen atoms in total. The van der Waals surface area contributed by atoms with E-state index >= 15 is 0 Å². The molecule has 0 saturated carbocycles.